The summed E-state index contributed by atoms with van der Waals surface area (Å²) in [6, 6.07) is 2.93. The Hall–Kier alpha value is -0.630. The molecule has 1 rings (SSSR count). The maximum atomic E-state index is 9.13. The Balaban J connectivity index is 2.51. The maximum Gasteiger partial charge on any atom is 0.116 e. The van der Waals surface area contributed by atoms with Gasteiger partial charge < -0.3 is 10.2 Å². The molecule has 0 bridgehead atoms. The Morgan fingerprint density at radius 2 is 2.31 bits per heavy atom. The van der Waals surface area contributed by atoms with Crippen molar-refractivity contribution >= 4 is 0 Å². The van der Waals surface area contributed by atoms with Crippen LogP contribution in [0.15, 0.2) is 0 Å². The van der Waals surface area contributed by atoms with E-state index in [0.29, 0.717) is 6.04 Å². The number of likely N-dealkylation sites (N-methyl/N-ethyl adjacent to an activating group) is 3. The van der Waals surface area contributed by atoms with Gasteiger partial charge >= 0.3 is 0 Å². The van der Waals surface area contributed by atoms with Gasteiger partial charge in [-0.05, 0) is 47.5 Å². The van der Waals surface area contributed by atoms with Crippen LogP contribution in [-0.4, -0.2) is 62.2 Å². The fourth-order valence-corrected chi connectivity index (χ4v) is 2.30. The van der Waals surface area contributed by atoms with E-state index in [0.717, 1.165) is 13.1 Å². The number of nitrogens with one attached hydrogen (secondary N) is 1. The molecule has 1 aliphatic heterocycles. The van der Waals surface area contributed by atoms with Gasteiger partial charge in [-0.1, -0.05) is 0 Å². The van der Waals surface area contributed by atoms with Crippen molar-refractivity contribution in [1.82, 2.24) is 15.1 Å². The minimum Gasteiger partial charge on any atom is -0.305 e. The number of nitrogens with zero attached hydrogens (tertiary/aromatic N) is 3. The van der Waals surface area contributed by atoms with Gasteiger partial charge in [-0.25, -0.2) is 0 Å². The van der Waals surface area contributed by atoms with Crippen LogP contribution >= 0.6 is 0 Å². The van der Waals surface area contributed by atoms with E-state index in [2.05, 4.69) is 35.3 Å². The summed E-state index contributed by atoms with van der Waals surface area (Å²) in [6.45, 7) is 5.04. The first-order valence-electron chi connectivity index (χ1n) is 5.99. The average molecular weight is 224 g/mol. The number of hydrogen-bond acceptors (Lipinski definition) is 4. The van der Waals surface area contributed by atoms with Crippen molar-refractivity contribution in [3.05, 3.63) is 0 Å². The molecule has 0 aromatic heterocycles. The van der Waals surface area contributed by atoms with Crippen LogP contribution in [0, 0.1) is 11.3 Å². The SMILES string of the molecule is CNC(C)(C#N)CN(C)C1CCCN(C)C1. The molecule has 1 aliphatic rings. The Labute approximate surface area is 99.2 Å². The van der Waals surface area contributed by atoms with Crippen molar-refractivity contribution in [3.8, 4) is 6.07 Å². The van der Waals surface area contributed by atoms with E-state index in [1.807, 2.05) is 14.0 Å². The minimum absolute atomic E-state index is 0.440. The zero-order valence-electron chi connectivity index (χ0n) is 11.0. The highest BCUT2D eigenvalue weighted by Gasteiger charge is 2.28. The molecule has 16 heavy (non-hydrogen) atoms. The van der Waals surface area contributed by atoms with E-state index in [9.17, 15) is 0 Å². The molecule has 1 fully saturated rings. The zero-order chi connectivity index (χ0) is 12.2. The molecule has 0 radical (unpaired) electrons. The number of piperidine rings is 1. The van der Waals surface area contributed by atoms with Gasteiger partial charge in [0, 0.05) is 19.1 Å². The summed E-state index contributed by atoms with van der Waals surface area (Å²) < 4.78 is 0. The largest absolute Gasteiger partial charge is 0.305 e. The predicted octanol–water partition coefficient (Wildman–Crippen LogP) is 0.514. The van der Waals surface area contributed by atoms with Gasteiger partial charge in [-0.2, -0.15) is 5.26 Å². The molecule has 0 aromatic rings. The Morgan fingerprint density at radius 3 is 2.81 bits per heavy atom. The molecule has 1 heterocycles. The van der Waals surface area contributed by atoms with Crippen LogP contribution in [0.1, 0.15) is 19.8 Å². The third kappa shape index (κ3) is 3.44. The Kier molecular flexibility index (Phi) is 4.72. The van der Waals surface area contributed by atoms with E-state index in [-0.39, 0.29) is 0 Å². The standard InChI is InChI=1S/C12H24N4/c1-12(9-13,14-2)10-16(4)11-6-5-7-15(3)8-11/h11,14H,5-8,10H2,1-4H3. The van der Waals surface area contributed by atoms with Gasteiger partial charge in [0.05, 0.1) is 6.07 Å². The van der Waals surface area contributed by atoms with Crippen molar-refractivity contribution in [1.29, 1.82) is 5.26 Å². The molecular weight excluding hydrogens is 200 g/mol. The summed E-state index contributed by atoms with van der Waals surface area (Å²) >= 11 is 0. The van der Waals surface area contributed by atoms with Gasteiger partial charge in [0.15, 0.2) is 0 Å². The molecule has 0 saturated carbocycles. The fourth-order valence-electron chi connectivity index (χ4n) is 2.30. The van der Waals surface area contributed by atoms with Crippen molar-refractivity contribution in [2.24, 2.45) is 0 Å². The summed E-state index contributed by atoms with van der Waals surface area (Å²) in [6.07, 6.45) is 2.50. The molecule has 0 spiro atoms. The van der Waals surface area contributed by atoms with E-state index in [4.69, 9.17) is 5.26 Å². The van der Waals surface area contributed by atoms with Crippen LogP contribution in [0.25, 0.3) is 0 Å². The van der Waals surface area contributed by atoms with Crippen LogP contribution in [0.4, 0.5) is 0 Å². The number of rotatable bonds is 4. The summed E-state index contributed by atoms with van der Waals surface area (Å²) in [5, 5.41) is 12.2. The quantitative estimate of drug-likeness (QED) is 0.756. The lowest BCUT2D eigenvalue weighted by Gasteiger charge is -2.38. The van der Waals surface area contributed by atoms with Gasteiger partial charge in [0.25, 0.3) is 0 Å². The van der Waals surface area contributed by atoms with Gasteiger partial charge in [-0.15, -0.1) is 0 Å². The smallest absolute Gasteiger partial charge is 0.116 e. The Morgan fingerprint density at radius 1 is 1.62 bits per heavy atom. The van der Waals surface area contributed by atoms with E-state index in [1.54, 1.807) is 0 Å². The highest BCUT2D eigenvalue weighted by atomic mass is 15.2. The lowest BCUT2D eigenvalue weighted by molar-refractivity contribution is 0.119. The minimum atomic E-state index is -0.440. The third-order valence-electron chi connectivity index (χ3n) is 3.59. The Bertz CT molecular complexity index is 260. The number of hydrogen-bond donors (Lipinski definition) is 1. The molecule has 4 nitrogen and oxygen atoms in total. The molecule has 1 saturated heterocycles. The topological polar surface area (TPSA) is 42.3 Å². The predicted molar refractivity (Wildman–Crippen MR) is 66.2 cm³/mol. The van der Waals surface area contributed by atoms with Crippen molar-refractivity contribution in [2.75, 3.05) is 40.8 Å². The molecule has 4 heteroatoms. The van der Waals surface area contributed by atoms with Gasteiger partial charge in [0.1, 0.15) is 5.54 Å². The summed E-state index contributed by atoms with van der Waals surface area (Å²) in [5.41, 5.74) is -0.440. The average Bonchev–Trinajstić information content (AvgIpc) is 2.29. The summed E-state index contributed by atoms with van der Waals surface area (Å²) in [4.78, 5) is 4.68. The zero-order valence-corrected chi connectivity index (χ0v) is 11.0. The van der Waals surface area contributed by atoms with E-state index < -0.39 is 5.54 Å². The van der Waals surface area contributed by atoms with Crippen LogP contribution in [0.3, 0.4) is 0 Å². The normalized spacial score (nSPS) is 26.4. The first-order valence-corrected chi connectivity index (χ1v) is 5.99. The van der Waals surface area contributed by atoms with Crippen LogP contribution in [-0.2, 0) is 0 Å². The number of likely N-dealkylation sites (tertiary alicyclic amines) is 1. The van der Waals surface area contributed by atoms with Gasteiger partial charge in [-0.3, -0.25) is 4.90 Å². The highest BCUT2D eigenvalue weighted by molar-refractivity contribution is 5.05. The number of nitriles is 1. The second-order valence-corrected chi connectivity index (χ2v) is 5.17. The lowest BCUT2D eigenvalue weighted by atomic mass is 10.00. The van der Waals surface area contributed by atoms with E-state index in [1.165, 1.54) is 19.4 Å². The van der Waals surface area contributed by atoms with Crippen molar-refractivity contribution < 1.29 is 0 Å². The molecular formula is C12H24N4. The molecule has 0 aliphatic carbocycles. The molecule has 2 unspecified atom stereocenters. The van der Waals surface area contributed by atoms with Crippen molar-refractivity contribution in [2.45, 2.75) is 31.3 Å². The molecule has 0 amide bonds. The monoisotopic (exact) mass is 224 g/mol. The lowest BCUT2D eigenvalue weighted by Crippen LogP contribution is -2.53. The molecule has 92 valence electrons. The van der Waals surface area contributed by atoms with Crippen LogP contribution < -0.4 is 5.32 Å². The van der Waals surface area contributed by atoms with Crippen molar-refractivity contribution in [3.63, 3.8) is 0 Å². The van der Waals surface area contributed by atoms with Crippen LogP contribution in [0.2, 0.25) is 0 Å². The highest BCUT2D eigenvalue weighted by Crippen LogP contribution is 2.15. The fraction of sp³-hybridized carbons (Fsp3) is 0.917. The summed E-state index contributed by atoms with van der Waals surface area (Å²) in [7, 11) is 6.14. The van der Waals surface area contributed by atoms with E-state index >= 15 is 0 Å². The third-order valence-corrected chi connectivity index (χ3v) is 3.59. The second kappa shape index (κ2) is 5.62. The maximum absolute atomic E-state index is 9.13. The molecule has 2 atom stereocenters. The van der Waals surface area contributed by atoms with Gasteiger partial charge in [0.2, 0.25) is 0 Å². The molecule has 1 N–H and O–H groups in total. The van der Waals surface area contributed by atoms with Crippen LogP contribution in [0.5, 0.6) is 0 Å². The molecule has 0 aromatic carbocycles. The summed E-state index contributed by atoms with van der Waals surface area (Å²) in [5.74, 6) is 0. The first kappa shape index (κ1) is 13.4. The first-order chi connectivity index (χ1) is 7.50. The second-order valence-electron chi connectivity index (χ2n) is 5.17.